The summed E-state index contributed by atoms with van der Waals surface area (Å²) in [6, 6.07) is 5.41. The molecular formula is C11H10BrClN2O. The van der Waals surface area contributed by atoms with Crippen molar-refractivity contribution in [2.45, 2.75) is 12.5 Å². The van der Waals surface area contributed by atoms with Crippen LogP contribution < -0.4 is 0 Å². The van der Waals surface area contributed by atoms with Crippen LogP contribution in [0.5, 0.6) is 0 Å². The molecular weight excluding hydrogens is 291 g/mol. The van der Waals surface area contributed by atoms with E-state index in [4.69, 9.17) is 11.6 Å². The molecule has 2 rings (SSSR count). The van der Waals surface area contributed by atoms with Crippen LogP contribution in [0.2, 0.25) is 5.02 Å². The average molecular weight is 302 g/mol. The Morgan fingerprint density at radius 1 is 1.50 bits per heavy atom. The van der Waals surface area contributed by atoms with Crippen LogP contribution in [0.3, 0.4) is 0 Å². The Labute approximate surface area is 107 Å². The maximum Gasteiger partial charge on any atom is 0.108 e. The molecule has 0 aliphatic carbocycles. The lowest BCUT2D eigenvalue weighted by atomic mass is 10.1. The Hall–Kier alpha value is -0.840. The second kappa shape index (κ2) is 4.99. The number of aliphatic hydroxyl groups excluding tert-OH is 1. The summed E-state index contributed by atoms with van der Waals surface area (Å²) in [6.45, 7) is 0. The molecule has 16 heavy (non-hydrogen) atoms. The number of rotatable bonds is 3. The van der Waals surface area contributed by atoms with Gasteiger partial charge in [0.1, 0.15) is 5.82 Å². The zero-order valence-electron chi connectivity index (χ0n) is 8.32. The molecule has 0 saturated carbocycles. The molecule has 1 aromatic heterocycles. The summed E-state index contributed by atoms with van der Waals surface area (Å²) in [5.74, 6) is 0.756. The third kappa shape index (κ3) is 2.64. The zero-order chi connectivity index (χ0) is 11.5. The highest BCUT2D eigenvalue weighted by atomic mass is 79.9. The summed E-state index contributed by atoms with van der Waals surface area (Å²) < 4.78 is 0.822. The lowest BCUT2D eigenvalue weighted by molar-refractivity contribution is 0.176. The number of hydrogen-bond acceptors (Lipinski definition) is 2. The fraction of sp³-hybridized carbons (Fsp3) is 0.182. The van der Waals surface area contributed by atoms with E-state index in [1.54, 1.807) is 18.5 Å². The van der Waals surface area contributed by atoms with Gasteiger partial charge in [-0.25, -0.2) is 4.98 Å². The monoisotopic (exact) mass is 300 g/mol. The minimum atomic E-state index is -0.600. The van der Waals surface area contributed by atoms with E-state index in [1.807, 2.05) is 12.1 Å². The average Bonchev–Trinajstić information content (AvgIpc) is 2.74. The van der Waals surface area contributed by atoms with Gasteiger partial charge in [-0.05, 0) is 33.6 Å². The van der Waals surface area contributed by atoms with Crippen molar-refractivity contribution >= 4 is 27.5 Å². The lowest BCUT2D eigenvalue weighted by Crippen LogP contribution is -2.03. The number of imidazole rings is 1. The van der Waals surface area contributed by atoms with Crippen molar-refractivity contribution in [2.24, 2.45) is 0 Å². The lowest BCUT2D eigenvalue weighted by Gasteiger charge is -2.10. The van der Waals surface area contributed by atoms with Gasteiger partial charge in [-0.1, -0.05) is 17.7 Å². The molecule has 1 aromatic carbocycles. The van der Waals surface area contributed by atoms with Crippen LogP contribution in [0.1, 0.15) is 17.5 Å². The molecule has 0 amide bonds. The van der Waals surface area contributed by atoms with Crippen molar-refractivity contribution in [2.75, 3.05) is 0 Å². The van der Waals surface area contributed by atoms with Gasteiger partial charge in [0, 0.05) is 23.3 Å². The van der Waals surface area contributed by atoms with Gasteiger partial charge in [-0.3, -0.25) is 0 Å². The van der Waals surface area contributed by atoms with Crippen molar-refractivity contribution in [1.29, 1.82) is 0 Å². The van der Waals surface area contributed by atoms with E-state index in [-0.39, 0.29) is 0 Å². The van der Waals surface area contributed by atoms with Crippen molar-refractivity contribution in [1.82, 2.24) is 9.97 Å². The molecule has 0 saturated heterocycles. The predicted octanol–water partition coefficient (Wildman–Crippen LogP) is 3.10. The number of hydrogen-bond donors (Lipinski definition) is 2. The highest BCUT2D eigenvalue weighted by Gasteiger charge is 2.11. The largest absolute Gasteiger partial charge is 0.388 e. The summed E-state index contributed by atoms with van der Waals surface area (Å²) >= 11 is 9.27. The Balaban J connectivity index is 2.14. The normalized spacial score (nSPS) is 12.7. The van der Waals surface area contributed by atoms with E-state index in [0.29, 0.717) is 11.4 Å². The van der Waals surface area contributed by atoms with Gasteiger partial charge in [0.15, 0.2) is 0 Å². The van der Waals surface area contributed by atoms with Gasteiger partial charge in [0.25, 0.3) is 0 Å². The Bertz CT molecular complexity index is 473. The van der Waals surface area contributed by atoms with Gasteiger partial charge in [0.05, 0.1) is 11.1 Å². The van der Waals surface area contributed by atoms with Crippen molar-refractivity contribution in [3.05, 3.63) is 51.5 Å². The molecule has 0 fully saturated rings. The fourth-order valence-electron chi connectivity index (χ4n) is 1.43. The van der Waals surface area contributed by atoms with Crippen LogP contribution >= 0.6 is 27.5 Å². The molecule has 5 heteroatoms. The van der Waals surface area contributed by atoms with Gasteiger partial charge in [-0.2, -0.15) is 0 Å². The molecule has 0 aliphatic heterocycles. The highest BCUT2D eigenvalue weighted by Crippen LogP contribution is 2.26. The molecule has 1 heterocycles. The Morgan fingerprint density at radius 3 is 2.94 bits per heavy atom. The number of aliphatic hydroxyl groups is 1. The third-order valence-electron chi connectivity index (χ3n) is 2.27. The number of aromatic amines is 1. The molecule has 3 nitrogen and oxygen atoms in total. The van der Waals surface area contributed by atoms with Gasteiger partial charge in [0.2, 0.25) is 0 Å². The van der Waals surface area contributed by atoms with E-state index in [0.717, 1.165) is 15.9 Å². The molecule has 0 spiro atoms. The third-order valence-corrected chi connectivity index (χ3v) is 3.50. The maximum atomic E-state index is 9.97. The molecule has 1 unspecified atom stereocenters. The van der Waals surface area contributed by atoms with Crippen molar-refractivity contribution in [3.63, 3.8) is 0 Å². The first-order valence-corrected chi connectivity index (χ1v) is 5.95. The standard InChI is InChI=1S/C11H10BrClN2O/c12-8-2-1-7(5-9(8)13)10(16)6-11-14-3-4-15-11/h1-5,10,16H,6H2,(H,14,15). The first-order chi connectivity index (χ1) is 7.66. The molecule has 0 radical (unpaired) electrons. The number of halogens is 2. The quantitative estimate of drug-likeness (QED) is 0.915. The van der Waals surface area contributed by atoms with Crippen LogP contribution in [-0.4, -0.2) is 15.1 Å². The van der Waals surface area contributed by atoms with Gasteiger partial charge < -0.3 is 10.1 Å². The van der Waals surface area contributed by atoms with Crippen LogP contribution in [-0.2, 0) is 6.42 Å². The SMILES string of the molecule is OC(Cc1ncc[nH]1)c1ccc(Br)c(Cl)c1. The van der Waals surface area contributed by atoms with E-state index < -0.39 is 6.10 Å². The number of nitrogens with one attached hydrogen (secondary N) is 1. The summed E-state index contributed by atoms with van der Waals surface area (Å²) in [6.07, 6.45) is 3.25. The summed E-state index contributed by atoms with van der Waals surface area (Å²) in [7, 11) is 0. The molecule has 84 valence electrons. The summed E-state index contributed by atoms with van der Waals surface area (Å²) in [5.41, 5.74) is 0.782. The Kier molecular flexibility index (Phi) is 3.63. The number of benzene rings is 1. The molecule has 0 aliphatic rings. The summed E-state index contributed by atoms with van der Waals surface area (Å²) in [5, 5.41) is 10.6. The maximum absolute atomic E-state index is 9.97. The van der Waals surface area contributed by atoms with Crippen LogP contribution in [0.15, 0.2) is 35.1 Å². The van der Waals surface area contributed by atoms with Crippen molar-refractivity contribution < 1.29 is 5.11 Å². The molecule has 2 N–H and O–H groups in total. The smallest absolute Gasteiger partial charge is 0.108 e. The number of H-pyrrole nitrogens is 1. The molecule has 0 bridgehead atoms. The highest BCUT2D eigenvalue weighted by molar-refractivity contribution is 9.10. The van der Waals surface area contributed by atoms with Crippen molar-refractivity contribution in [3.8, 4) is 0 Å². The molecule has 1 atom stereocenters. The summed E-state index contributed by atoms with van der Waals surface area (Å²) in [4.78, 5) is 7.01. The predicted molar refractivity (Wildman–Crippen MR) is 66.4 cm³/mol. The zero-order valence-corrected chi connectivity index (χ0v) is 10.7. The van der Waals surface area contributed by atoms with Crippen LogP contribution in [0.4, 0.5) is 0 Å². The van der Waals surface area contributed by atoms with E-state index >= 15 is 0 Å². The minimum absolute atomic E-state index is 0.449. The first kappa shape index (κ1) is 11.6. The fourth-order valence-corrected chi connectivity index (χ4v) is 1.87. The van der Waals surface area contributed by atoms with Gasteiger partial charge >= 0.3 is 0 Å². The second-order valence-electron chi connectivity index (χ2n) is 3.43. The van der Waals surface area contributed by atoms with E-state index in [9.17, 15) is 5.11 Å². The topological polar surface area (TPSA) is 48.9 Å². The van der Waals surface area contributed by atoms with Gasteiger partial charge in [-0.15, -0.1) is 0 Å². The second-order valence-corrected chi connectivity index (χ2v) is 4.69. The minimum Gasteiger partial charge on any atom is -0.388 e. The first-order valence-electron chi connectivity index (χ1n) is 4.78. The van der Waals surface area contributed by atoms with E-state index in [2.05, 4.69) is 25.9 Å². The molecule has 2 aromatic rings. The number of nitrogens with zero attached hydrogens (tertiary/aromatic N) is 1. The van der Waals surface area contributed by atoms with E-state index in [1.165, 1.54) is 0 Å². The van der Waals surface area contributed by atoms with Crippen LogP contribution in [0.25, 0.3) is 0 Å². The number of aromatic nitrogens is 2. The van der Waals surface area contributed by atoms with Crippen LogP contribution in [0, 0.1) is 0 Å². The Morgan fingerprint density at radius 2 is 2.31 bits per heavy atom.